The molecule has 0 radical (unpaired) electrons. The Balaban J connectivity index is 2.79. The summed E-state index contributed by atoms with van der Waals surface area (Å²) >= 11 is 0. The Kier molecular flexibility index (Phi) is 9.56. The number of methoxy groups -OCH3 is 2. The van der Waals surface area contributed by atoms with Crippen molar-refractivity contribution in [2.24, 2.45) is 5.92 Å². The number of carboxylic acids is 1. The maximum Gasteiger partial charge on any atom is 0.303 e. The number of aliphatic carboxylic acids is 1. The molecule has 1 aromatic rings. The molecular formula is C20H28N2O6. The molecule has 0 saturated carbocycles. The highest BCUT2D eigenvalue weighted by atomic mass is 16.5. The largest absolute Gasteiger partial charge is 0.493 e. The van der Waals surface area contributed by atoms with Crippen LogP contribution in [-0.2, 0) is 14.4 Å². The molecule has 8 nitrogen and oxygen atoms in total. The highest BCUT2D eigenvalue weighted by molar-refractivity contribution is 5.95. The van der Waals surface area contributed by atoms with Crippen LogP contribution in [0.25, 0.3) is 6.08 Å². The van der Waals surface area contributed by atoms with Crippen LogP contribution < -0.4 is 20.1 Å². The summed E-state index contributed by atoms with van der Waals surface area (Å²) in [5, 5.41) is 14.1. The Morgan fingerprint density at radius 2 is 1.82 bits per heavy atom. The van der Waals surface area contributed by atoms with Crippen LogP contribution in [0, 0.1) is 5.92 Å². The number of ether oxygens (including phenoxy) is 2. The molecule has 0 fully saturated rings. The van der Waals surface area contributed by atoms with Crippen molar-refractivity contribution in [2.75, 3.05) is 20.8 Å². The van der Waals surface area contributed by atoms with Gasteiger partial charge in [0.1, 0.15) is 6.04 Å². The minimum absolute atomic E-state index is 0.00913. The SMILES string of the molecule is COc1ccc(/C=C/C(=O)N[C@@H](CCC(=O)O)C(=O)NCC(C)C)cc1OC. The third-order valence-electron chi connectivity index (χ3n) is 3.80. The Morgan fingerprint density at radius 3 is 2.39 bits per heavy atom. The monoisotopic (exact) mass is 392 g/mol. The average Bonchev–Trinajstić information content (AvgIpc) is 2.67. The first-order valence-corrected chi connectivity index (χ1v) is 8.97. The van der Waals surface area contributed by atoms with Crippen LogP contribution in [0.5, 0.6) is 11.5 Å². The molecule has 1 rings (SSSR count). The lowest BCUT2D eigenvalue weighted by Gasteiger charge is -2.17. The van der Waals surface area contributed by atoms with Gasteiger partial charge in [0.25, 0.3) is 0 Å². The normalized spacial score (nSPS) is 11.9. The summed E-state index contributed by atoms with van der Waals surface area (Å²) in [6.07, 6.45) is 2.64. The van der Waals surface area contributed by atoms with Gasteiger partial charge < -0.3 is 25.2 Å². The van der Waals surface area contributed by atoms with Gasteiger partial charge in [-0.2, -0.15) is 0 Å². The summed E-state index contributed by atoms with van der Waals surface area (Å²) < 4.78 is 10.4. The summed E-state index contributed by atoms with van der Waals surface area (Å²) in [4.78, 5) is 35.3. The third-order valence-corrected chi connectivity index (χ3v) is 3.80. The number of carboxylic acid groups (broad SMARTS) is 1. The van der Waals surface area contributed by atoms with E-state index in [0.717, 1.165) is 0 Å². The van der Waals surface area contributed by atoms with Crippen molar-refractivity contribution in [1.82, 2.24) is 10.6 Å². The van der Waals surface area contributed by atoms with E-state index >= 15 is 0 Å². The number of benzene rings is 1. The second kappa shape index (κ2) is 11.6. The molecular weight excluding hydrogens is 364 g/mol. The van der Waals surface area contributed by atoms with E-state index in [4.69, 9.17) is 14.6 Å². The van der Waals surface area contributed by atoms with Crippen LogP contribution in [0.1, 0.15) is 32.3 Å². The van der Waals surface area contributed by atoms with Crippen molar-refractivity contribution in [3.8, 4) is 11.5 Å². The van der Waals surface area contributed by atoms with Crippen molar-refractivity contribution >= 4 is 23.9 Å². The summed E-state index contributed by atoms with van der Waals surface area (Å²) in [5.41, 5.74) is 0.708. The van der Waals surface area contributed by atoms with Gasteiger partial charge >= 0.3 is 5.97 Å². The van der Waals surface area contributed by atoms with E-state index in [-0.39, 0.29) is 18.8 Å². The molecule has 0 aliphatic rings. The number of rotatable bonds is 11. The van der Waals surface area contributed by atoms with Crippen LogP contribution in [0.15, 0.2) is 24.3 Å². The van der Waals surface area contributed by atoms with Gasteiger partial charge in [0.2, 0.25) is 11.8 Å². The smallest absolute Gasteiger partial charge is 0.303 e. The summed E-state index contributed by atoms with van der Waals surface area (Å²) in [6.45, 7) is 4.33. The number of amides is 2. The molecule has 0 saturated heterocycles. The molecule has 1 aromatic carbocycles. The van der Waals surface area contributed by atoms with E-state index < -0.39 is 23.8 Å². The number of hydrogen-bond donors (Lipinski definition) is 3. The molecule has 28 heavy (non-hydrogen) atoms. The maximum atomic E-state index is 12.3. The first-order chi connectivity index (χ1) is 13.3. The van der Waals surface area contributed by atoms with E-state index in [0.29, 0.717) is 23.6 Å². The molecule has 0 bridgehead atoms. The summed E-state index contributed by atoms with van der Waals surface area (Å²) in [5.74, 6) is -0.591. The van der Waals surface area contributed by atoms with Gasteiger partial charge in [-0.15, -0.1) is 0 Å². The Hall–Kier alpha value is -3.03. The van der Waals surface area contributed by atoms with Gasteiger partial charge in [-0.3, -0.25) is 14.4 Å². The molecule has 0 aromatic heterocycles. The van der Waals surface area contributed by atoms with Crippen LogP contribution in [0.4, 0.5) is 0 Å². The van der Waals surface area contributed by atoms with Gasteiger partial charge in [0.15, 0.2) is 11.5 Å². The minimum atomic E-state index is -1.03. The van der Waals surface area contributed by atoms with E-state index in [1.807, 2.05) is 13.8 Å². The molecule has 8 heteroatoms. The van der Waals surface area contributed by atoms with E-state index in [1.54, 1.807) is 24.3 Å². The molecule has 3 N–H and O–H groups in total. The third kappa shape index (κ3) is 8.11. The second-order valence-corrected chi connectivity index (χ2v) is 6.58. The van der Waals surface area contributed by atoms with Crippen LogP contribution in [-0.4, -0.2) is 49.7 Å². The zero-order valence-corrected chi connectivity index (χ0v) is 16.7. The highest BCUT2D eigenvalue weighted by Crippen LogP contribution is 2.27. The van der Waals surface area contributed by atoms with Crippen molar-refractivity contribution in [3.63, 3.8) is 0 Å². The molecule has 0 aliphatic heterocycles. The number of hydrogen-bond acceptors (Lipinski definition) is 5. The Labute approximate surface area is 164 Å². The van der Waals surface area contributed by atoms with E-state index in [9.17, 15) is 14.4 Å². The number of carbonyl (C=O) groups is 3. The van der Waals surface area contributed by atoms with Gasteiger partial charge in [0, 0.05) is 19.0 Å². The van der Waals surface area contributed by atoms with Gasteiger partial charge in [-0.25, -0.2) is 0 Å². The Bertz CT molecular complexity index is 715. The topological polar surface area (TPSA) is 114 Å². The van der Waals surface area contributed by atoms with Gasteiger partial charge in [-0.05, 0) is 36.1 Å². The van der Waals surface area contributed by atoms with E-state index in [2.05, 4.69) is 10.6 Å². The molecule has 154 valence electrons. The van der Waals surface area contributed by atoms with Crippen molar-refractivity contribution in [1.29, 1.82) is 0 Å². The zero-order valence-electron chi connectivity index (χ0n) is 16.7. The first kappa shape index (κ1) is 23.0. The Morgan fingerprint density at radius 1 is 1.14 bits per heavy atom. The second-order valence-electron chi connectivity index (χ2n) is 6.58. The molecule has 0 unspecified atom stereocenters. The van der Waals surface area contributed by atoms with Gasteiger partial charge in [0.05, 0.1) is 14.2 Å². The molecule has 0 heterocycles. The summed E-state index contributed by atoms with van der Waals surface area (Å²) in [7, 11) is 3.04. The van der Waals surface area contributed by atoms with E-state index in [1.165, 1.54) is 20.3 Å². The lowest BCUT2D eigenvalue weighted by Crippen LogP contribution is -2.47. The maximum absolute atomic E-state index is 12.3. The lowest BCUT2D eigenvalue weighted by molar-refractivity contribution is -0.137. The highest BCUT2D eigenvalue weighted by Gasteiger charge is 2.21. The molecule has 1 atom stereocenters. The van der Waals surface area contributed by atoms with Crippen molar-refractivity contribution in [3.05, 3.63) is 29.8 Å². The first-order valence-electron chi connectivity index (χ1n) is 8.97. The molecule has 0 aliphatic carbocycles. The fourth-order valence-corrected chi connectivity index (χ4v) is 2.31. The zero-order chi connectivity index (χ0) is 21.1. The van der Waals surface area contributed by atoms with Crippen molar-refractivity contribution in [2.45, 2.75) is 32.7 Å². The predicted molar refractivity (Wildman–Crippen MR) is 105 cm³/mol. The number of carbonyl (C=O) groups excluding carboxylic acids is 2. The predicted octanol–water partition coefficient (Wildman–Crippen LogP) is 1.84. The van der Waals surface area contributed by atoms with Crippen molar-refractivity contribution < 1.29 is 29.0 Å². The van der Waals surface area contributed by atoms with Crippen LogP contribution in [0.3, 0.4) is 0 Å². The molecule has 2 amide bonds. The van der Waals surface area contributed by atoms with Crippen LogP contribution >= 0.6 is 0 Å². The fourth-order valence-electron chi connectivity index (χ4n) is 2.31. The fraction of sp³-hybridized carbons (Fsp3) is 0.450. The lowest BCUT2D eigenvalue weighted by atomic mass is 10.1. The quantitative estimate of drug-likeness (QED) is 0.495. The minimum Gasteiger partial charge on any atom is -0.493 e. The number of nitrogens with one attached hydrogen (secondary N) is 2. The standard InChI is InChI=1S/C20H28N2O6/c1-13(2)12-21-20(26)15(7-10-19(24)25)22-18(23)9-6-14-5-8-16(27-3)17(11-14)28-4/h5-6,8-9,11,13,15H,7,10,12H2,1-4H3,(H,21,26)(H,22,23)(H,24,25)/b9-6+/t15-/m0/s1. The van der Waals surface area contributed by atoms with Gasteiger partial charge in [-0.1, -0.05) is 19.9 Å². The average molecular weight is 392 g/mol. The van der Waals surface area contributed by atoms with Crippen LogP contribution in [0.2, 0.25) is 0 Å². The summed E-state index contributed by atoms with van der Waals surface area (Å²) in [6, 6.07) is 4.26. The molecule has 0 spiro atoms.